The fourth-order valence-electron chi connectivity index (χ4n) is 3.27. The molecular formula is C16H18N2OS2. The largest absolute Gasteiger partial charge is 0.352 e. The molecule has 2 N–H and O–H groups in total. The zero-order chi connectivity index (χ0) is 14.6. The highest BCUT2D eigenvalue weighted by Crippen LogP contribution is 2.43. The van der Waals surface area contributed by atoms with Crippen LogP contribution in [0.5, 0.6) is 0 Å². The fourth-order valence-corrected chi connectivity index (χ4v) is 5.64. The van der Waals surface area contributed by atoms with Gasteiger partial charge in [0.05, 0.1) is 5.56 Å². The second-order valence-electron chi connectivity index (χ2n) is 6.07. The van der Waals surface area contributed by atoms with Gasteiger partial charge in [-0.15, -0.1) is 22.7 Å². The predicted octanol–water partition coefficient (Wildman–Crippen LogP) is 4.10. The van der Waals surface area contributed by atoms with Crippen LogP contribution in [0.1, 0.15) is 50.7 Å². The predicted molar refractivity (Wildman–Crippen MR) is 88.4 cm³/mol. The van der Waals surface area contributed by atoms with Crippen molar-refractivity contribution in [1.82, 2.24) is 5.32 Å². The van der Waals surface area contributed by atoms with Gasteiger partial charge < -0.3 is 10.6 Å². The Hall–Kier alpha value is -1.33. The summed E-state index contributed by atoms with van der Waals surface area (Å²) in [6, 6.07) is 2.10. The summed E-state index contributed by atoms with van der Waals surface area (Å²) < 4.78 is 0. The lowest BCUT2D eigenvalue weighted by Gasteiger charge is -2.26. The van der Waals surface area contributed by atoms with Gasteiger partial charge in [-0.2, -0.15) is 0 Å². The lowest BCUT2D eigenvalue weighted by molar-refractivity contribution is 0.0935. The van der Waals surface area contributed by atoms with E-state index in [4.69, 9.17) is 0 Å². The molecule has 2 aliphatic rings. The van der Waals surface area contributed by atoms with Crippen LogP contribution in [0, 0.1) is 12.8 Å². The minimum Gasteiger partial charge on any atom is -0.352 e. The van der Waals surface area contributed by atoms with Crippen LogP contribution in [0.15, 0.2) is 11.4 Å². The highest BCUT2D eigenvalue weighted by atomic mass is 32.1. The van der Waals surface area contributed by atoms with E-state index in [2.05, 4.69) is 35.9 Å². The van der Waals surface area contributed by atoms with Gasteiger partial charge >= 0.3 is 0 Å². The summed E-state index contributed by atoms with van der Waals surface area (Å²) in [4.78, 5) is 15.2. The normalized spacial score (nSPS) is 24.0. The molecule has 0 unspecified atom stereocenters. The Morgan fingerprint density at radius 1 is 1.33 bits per heavy atom. The number of carbonyl (C=O) groups excluding carboxylic acids is 1. The Kier molecular flexibility index (Phi) is 3.08. The van der Waals surface area contributed by atoms with Gasteiger partial charge in [-0.1, -0.05) is 6.92 Å². The number of anilines is 1. The highest BCUT2D eigenvalue weighted by Gasteiger charge is 2.33. The molecule has 0 radical (unpaired) electrons. The molecule has 0 saturated heterocycles. The van der Waals surface area contributed by atoms with Crippen molar-refractivity contribution in [2.75, 3.05) is 5.32 Å². The summed E-state index contributed by atoms with van der Waals surface area (Å²) in [6.07, 6.45) is 3.27. The van der Waals surface area contributed by atoms with E-state index in [0.717, 1.165) is 29.3 Å². The van der Waals surface area contributed by atoms with Crippen LogP contribution in [0.4, 0.5) is 5.00 Å². The summed E-state index contributed by atoms with van der Waals surface area (Å²) in [6.45, 7) is 4.39. The molecule has 21 heavy (non-hydrogen) atoms. The van der Waals surface area contributed by atoms with E-state index in [9.17, 15) is 4.79 Å². The van der Waals surface area contributed by atoms with Crippen molar-refractivity contribution in [1.29, 1.82) is 0 Å². The lowest BCUT2D eigenvalue weighted by atomic mass is 9.88. The summed E-state index contributed by atoms with van der Waals surface area (Å²) in [7, 11) is 0. The van der Waals surface area contributed by atoms with Crippen molar-refractivity contribution in [3.05, 3.63) is 37.9 Å². The molecule has 2 atom stereocenters. The summed E-state index contributed by atoms with van der Waals surface area (Å²) in [5.74, 6) is 0.824. The average molecular weight is 318 g/mol. The molecule has 4 rings (SSSR count). The van der Waals surface area contributed by atoms with Gasteiger partial charge in [0.2, 0.25) is 0 Å². The maximum absolute atomic E-state index is 12.6. The Balaban J connectivity index is 1.73. The van der Waals surface area contributed by atoms with Crippen LogP contribution in [0.25, 0.3) is 0 Å². The highest BCUT2D eigenvalue weighted by molar-refractivity contribution is 7.16. The fraction of sp³-hybridized carbons (Fsp3) is 0.438. The standard InChI is InChI=1S/C16H18N2OS2/c1-8-3-4-10-11(7-8)21-16-12(10)15(19)17-14(18-16)13-9(2)5-6-20-13/h5-6,8,14,18H,3-4,7H2,1-2H3,(H,17,19)/t8-,14+/m1/s1. The third-order valence-electron chi connectivity index (χ3n) is 4.45. The van der Waals surface area contributed by atoms with Crippen LogP contribution in [-0.2, 0) is 12.8 Å². The second kappa shape index (κ2) is 4.85. The van der Waals surface area contributed by atoms with Gasteiger partial charge in [0.15, 0.2) is 0 Å². The molecule has 1 amide bonds. The summed E-state index contributed by atoms with van der Waals surface area (Å²) in [5, 5.41) is 9.81. The van der Waals surface area contributed by atoms with Crippen LogP contribution in [0.2, 0.25) is 0 Å². The van der Waals surface area contributed by atoms with E-state index in [1.165, 1.54) is 27.3 Å². The number of aryl methyl sites for hydroxylation is 1. The van der Waals surface area contributed by atoms with Crippen molar-refractivity contribution in [3.8, 4) is 0 Å². The molecular weight excluding hydrogens is 300 g/mol. The number of rotatable bonds is 1. The number of amides is 1. The number of nitrogens with one attached hydrogen (secondary N) is 2. The van der Waals surface area contributed by atoms with Crippen molar-refractivity contribution in [2.24, 2.45) is 5.92 Å². The monoisotopic (exact) mass is 318 g/mol. The van der Waals surface area contributed by atoms with Gasteiger partial charge in [-0.25, -0.2) is 0 Å². The van der Waals surface area contributed by atoms with Crippen LogP contribution >= 0.6 is 22.7 Å². The zero-order valence-electron chi connectivity index (χ0n) is 12.2. The Bertz CT molecular complexity index is 716. The molecule has 110 valence electrons. The Morgan fingerprint density at radius 2 is 2.19 bits per heavy atom. The van der Waals surface area contributed by atoms with Crippen LogP contribution in [-0.4, -0.2) is 5.91 Å². The lowest BCUT2D eigenvalue weighted by Crippen LogP contribution is -2.38. The number of carbonyl (C=O) groups is 1. The SMILES string of the molecule is Cc1ccsc1[C@H]1NC(=O)c2c(sc3c2CC[C@@H](C)C3)N1. The van der Waals surface area contributed by atoms with E-state index < -0.39 is 0 Å². The molecule has 2 aromatic heterocycles. The molecule has 0 fully saturated rings. The van der Waals surface area contributed by atoms with E-state index in [0.29, 0.717) is 0 Å². The number of hydrogen-bond donors (Lipinski definition) is 2. The minimum absolute atomic E-state index is 0.0810. The summed E-state index contributed by atoms with van der Waals surface area (Å²) in [5.41, 5.74) is 3.43. The Morgan fingerprint density at radius 3 is 2.95 bits per heavy atom. The molecule has 2 aromatic rings. The van der Waals surface area contributed by atoms with E-state index in [-0.39, 0.29) is 12.1 Å². The maximum atomic E-state index is 12.6. The number of thiophene rings is 2. The molecule has 0 bridgehead atoms. The first kappa shape index (κ1) is 13.3. The number of hydrogen-bond acceptors (Lipinski definition) is 4. The second-order valence-corrected chi connectivity index (χ2v) is 8.13. The van der Waals surface area contributed by atoms with E-state index in [1.54, 1.807) is 22.7 Å². The zero-order valence-corrected chi connectivity index (χ0v) is 13.8. The van der Waals surface area contributed by atoms with E-state index in [1.807, 2.05) is 0 Å². The molecule has 0 spiro atoms. The molecule has 0 aromatic carbocycles. The van der Waals surface area contributed by atoms with Gasteiger partial charge in [0.25, 0.3) is 5.91 Å². The quantitative estimate of drug-likeness (QED) is 0.831. The van der Waals surface area contributed by atoms with Gasteiger partial charge in [-0.3, -0.25) is 4.79 Å². The molecule has 3 heterocycles. The molecule has 3 nitrogen and oxygen atoms in total. The third kappa shape index (κ3) is 2.10. The third-order valence-corrected chi connectivity index (χ3v) is 6.72. The van der Waals surface area contributed by atoms with Crippen molar-refractivity contribution < 1.29 is 4.79 Å². The molecule has 5 heteroatoms. The smallest absolute Gasteiger partial charge is 0.256 e. The minimum atomic E-state index is -0.0810. The first-order valence-electron chi connectivity index (χ1n) is 7.39. The maximum Gasteiger partial charge on any atom is 0.256 e. The van der Waals surface area contributed by atoms with Crippen LogP contribution < -0.4 is 10.6 Å². The van der Waals surface area contributed by atoms with Gasteiger partial charge in [-0.05, 0) is 54.7 Å². The Labute approximate surface area is 132 Å². The summed E-state index contributed by atoms with van der Waals surface area (Å²) >= 11 is 3.48. The first-order chi connectivity index (χ1) is 10.1. The molecule has 0 saturated carbocycles. The average Bonchev–Trinajstić information content (AvgIpc) is 3.01. The van der Waals surface area contributed by atoms with Crippen molar-refractivity contribution in [3.63, 3.8) is 0 Å². The van der Waals surface area contributed by atoms with E-state index >= 15 is 0 Å². The van der Waals surface area contributed by atoms with Crippen molar-refractivity contribution in [2.45, 2.75) is 39.3 Å². The molecule has 1 aliphatic carbocycles. The van der Waals surface area contributed by atoms with Crippen molar-refractivity contribution >= 4 is 33.6 Å². The van der Waals surface area contributed by atoms with Gasteiger partial charge in [0, 0.05) is 9.75 Å². The van der Waals surface area contributed by atoms with Gasteiger partial charge in [0.1, 0.15) is 11.2 Å². The first-order valence-corrected chi connectivity index (χ1v) is 9.09. The molecule has 1 aliphatic heterocycles. The number of fused-ring (bicyclic) bond motifs is 3. The van der Waals surface area contributed by atoms with Crippen LogP contribution in [0.3, 0.4) is 0 Å². The topological polar surface area (TPSA) is 41.1 Å².